The van der Waals surface area contributed by atoms with Gasteiger partial charge in [-0.2, -0.15) is 0 Å². The lowest BCUT2D eigenvalue weighted by molar-refractivity contribution is -0.118. The Morgan fingerprint density at radius 3 is 2.76 bits per heavy atom. The zero-order valence-electron chi connectivity index (χ0n) is 12.7. The molecule has 5 heteroatoms. The van der Waals surface area contributed by atoms with Crippen LogP contribution in [0.25, 0.3) is 0 Å². The highest BCUT2D eigenvalue weighted by atomic mass is 32.1. The maximum Gasteiger partial charge on any atom is 0.140 e. The number of nitrogens with one attached hydrogen (secondary N) is 1. The molecule has 1 N–H and O–H groups in total. The molecule has 1 aliphatic carbocycles. The fraction of sp³-hybridized carbons (Fsp3) is 0.750. The molecule has 2 fully saturated rings. The minimum absolute atomic E-state index is 0.352. The van der Waals surface area contributed by atoms with Gasteiger partial charge < -0.3 is 14.5 Å². The molecule has 1 aromatic rings. The Kier molecular flexibility index (Phi) is 4.72. The van der Waals surface area contributed by atoms with Crippen LogP contribution >= 0.6 is 12.2 Å². The van der Waals surface area contributed by atoms with Crippen LogP contribution in [0.4, 0.5) is 0 Å². The molecule has 21 heavy (non-hydrogen) atoms. The van der Waals surface area contributed by atoms with Crippen molar-refractivity contribution in [2.45, 2.75) is 57.0 Å². The van der Waals surface area contributed by atoms with Crippen LogP contribution in [0.5, 0.6) is 0 Å². The fourth-order valence-electron chi connectivity index (χ4n) is 3.58. The van der Waals surface area contributed by atoms with Crippen LogP contribution < -0.4 is 0 Å². The first-order valence-corrected chi connectivity index (χ1v) is 8.48. The van der Waals surface area contributed by atoms with Crippen molar-refractivity contribution in [1.29, 1.82) is 0 Å². The predicted octanol–water partition coefficient (Wildman–Crippen LogP) is 3.84. The smallest absolute Gasteiger partial charge is 0.140 e. The van der Waals surface area contributed by atoms with E-state index in [-0.39, 0.29) is 5.60 Å². The van der Waals surface area contributed by atoms with Gasteiger partial charge in [-0.05, 0) is 31.7 Å². The first-order valence-electron chi connectivity index (χ1n) is 8.07. The number of rotatable bonds is 4. The van der Waals surface area contributed by atoms with E-state index in [1.807, 2.05) is 13.0 Å². The van der Waals surface area contributed by atoms with Crippen molar-refractivity contribution >= 4 is 12.2 Å². The topological polar surface area (TPSA) is 47.1 Å². The van der Waals surface area contributed by atoms with Gasteiger partial charge in [0.2, 0.25) is 0 Å². The van der Waals surface area contributed by atoms with Crippen molar-refractivity contribution in [3.8, 4) is 0 Å². The molecule has 0 spiro atoms. The molecule has 116 valence electrons. The van der Waals surface area contributed by atoms with Gasteiger partial charge in [-0.3, -0.25) is 0 Å². The number of hydrogen-bond donors (Lipinski definition) is 1. The predicted molar refractivity (Wildman–Crippen MR) is 84.0 cm³/mol. The maximum absolute atomic E-state index is 6.11. The van der Waals surface area contributed by atoms with E-state index >= 15 is 0 Å². The van der Waals surface area contributed by atoms with Crippen molar-refractivity contribution in [3.63, 3.8) is 0 Å². The Morgan fingerprint density at radius 1 is 1.38 bits per heavy atom. The summed E-state index contributed by atoms with van der Waals surface area (Å²) in [5.41, 5.74) is 0.892. The van der Waals surface area contributed by atoms with E-state index in [1.165, 1.54) is 31.4 Å². The first-order chi connectivity index (χ1) is 10.2. The Morgan fingerprint density at radius 2 is 2.10 bits per heavy atom. The average molecular weight is 308 g/mol. The highest BCUT2D eigenvalue weighted by Crippen LogP contribution is 2.37. The molecule has 0 unspecified atom stereocenters. The molecular weight excluding hydrogens is 284 g/mol. The van der Waals surface area contributed by atoms with Gasteiger partial charge in [0, 0.05) is 38.4 Å². The third-order valence-electron chi connectivity index (χ3n) is 4.71. The molecule has 1 aliphatic heterocycles. The lowest BCUT2D eigenvalue weighted by Gasteiger charge is -2.36. The number of aromatic nitrogens is 2. The van der Waals surface area contributed by atoms with Gasteiger partial charge in [0.1, 0.15) is 16.1 Å². The van der Waals surface area contributed by atoms with E-state index in [0.29, 0.717) is 17.2 Å². The second-order valence-corrected chi connectivity index (χ2v) is 6.46. The zero-order valence-corrected chi connectivity index (χ0v) is 13.5. The van der Waals surface area contributed by atoms with Crippen LogP contribution in [0, 0.1) is 4.64 Å². The summed E-state index contributed by atoms with van der Waals surface area (Å²) in [5.74, 6) is 1.51. The van der Waals surface area contributed by atoms with Gasteiger partial charge in [-0.1, -0.05) is 25.1 Å². The van der Waals surface area contributed by atoms with Crippen LogP contribution in [0.15, 0.2) is 6.07 Å². The molecular formula is C16H24N2O2S. The normalized spacial score (nSPS) is 22.5. The highest BCUT2D eigenvalue weighted by Gasteiger charge is 2.38. The third kappa shape index (κ3) is 3.20. The number of hydrogen-bond acceptors (Lipinski definition) is 4. The molecule has 3 rings (SSSR count). The molecule has 0 radical (unpaired) electrons. The van der Waals surface area contributed by atoms with Crippen LogP contribution in [0.1, 0.15) is 62.9 Å². The lowest BCUT2D eigenvalue weighted by atomic mass is 9.92. The average Bonchev–Trinajstić information content (AvgIpc) is 3.02. The second-order valence-electron chi connectivity index (χ2n) is 6.04. The molecule has 0 aromatic carbocycles. The van der Waals surface area contributed by atoms with Gasteiger partial charge in [-0.15, -0.1) is 0 Å². The second kappa shape index (κ2) is 6.55. The fourth-order valence-corrected chi connectivity index (χ4v) is 3.79. The standard InChI is InChI=1S/C16H24N2O2S/c1-2-20-16(7-9-19-10-8-16)15-17-13(11-14(21)18-15)12-5-3-4-6-12/h11-12H,2-10H2,1H3,(H,17,18,21). The van der Waals surface area contributed by atoms with Crippen LogP contribution in [0.2, 0.25) is 0 Å². The Bertz CT molecular complexity index is 526. The Labute approximate surface area is 131 Å². The largest absolute Gasteiger partial charge is 0.381 e. The number of aromatic amines is 1. The summed E-state index contributed by atoms with van der Waals surface area (Å²) in [5, 5.41) is 0. The SMILES string of the molecule is CCOC1(c2nc(=S)cc(C3CCCC3)[nH]2)CCOCC1. The summed E-state index contributed by atoms with van der Waals surface area (Å²) >= 11 is 5.41. The number of ether oxygens (including phenoxy) is 2. The van der Waals surface area contributed by atoms with E-state index in [9.17, 15) is 0 Å². The maximum atomic E-state index is 6.11. The van der Waals surface area contributed by atoms with Crippen molar-refractivity contribution in [2.24, 2.45) is 0 Å². The molecule has 2 heterocycles. The van der Waals surface area contributed by atoms with E-state index in [4.69, 9.17) is 21.7 Å². The summed E-state index contributed by atoms with van der Waals surface area (Å²) in [6.45, 7) is 4.15. The minimum atomic E-state index is -0.352. The summed E-state index contributed by atoms with van der Waals surface area (Å²) in [4.78, 5) is 8.16. The highest BCUT2D eigenvalue weighted by molar-refractivity contribution is 7.71. The molecule has 0 bridgehead atoms. The zero-order chi connectivity index (χ0) is 14.7. The van der Waals surface area contributed by atoms with Crippen molar-refractivity contribution < 1.29 is 9.47 Å². The summed E-state index contributed by atoms with van der Waals surface area (Å²) < 4.78 is 12.3. The van der Waals surface area contributed by atoms with Gasteiger partial charge in [-0.25, -0.2) is 4.98 Å². The third-order valence-corrected chi connectivity index (χ3v) is 4.92. The molecule has 1 saturated heterocycles. The van der Waals surface area contributed by atoms with Crippen molar-refractivity contribution in [1.82, 2.24) is 9.97 Å². The van der Waals surface area contributed by atoms with Crippen LogP contribution in [0.3, 0.4) is 0 Å². The minimum Gasteiger partial charge on any atom is -0.381 e. The monoisotopic (exact) mass is 308 g/mol. The van der Waals surface area contributed by atoms with Crippen LogP contribution in [-0.2, 0) is 15.1 Å². The summed E-state index contributed by atoms with van der Waals surface area (Å²) in [7, 11) is 0. The molecule has 2 aliphatic rings. The quantitative estimate of drug-likeness (QED) is 0.859. The molecule has 1 aromatic heterocycles. The van der Waals surface area contributed by atoms with Gasteiger partial charge in [0.05, 0.1) is 0 Å². The van der Waals surface area contributed by atoms with Gasteiger partial charge >= 0.3 is 0 Å². The van der Waals surface area contributed by atoms with Crippen LogP contribution in [-0.4, -0.2) is 29.8 Å². The first kappa shape index (κ1) is 15.1. The van der Waals surface area contributed by atoms with E-state index in [2.05, 4.69) is 9.97 Å². The van der Waals surface area contributed by atoms with E-state index in [0.717, 1.165) is 31.9 Å². The Hall–Kier alpha value is -0.780. The number of H-pyrrole nitrogens is 1. The summed E-state index contributed by atoms with van der Waals surface area (Å²) in [6, 6.07) is 2.04. The number of nitrogens with zero attached hydrogens (tertiary/aromatic N) is 1. The lowest BCUT2D eigenvalue weighted by Crippen LogP contribution is -2.38. The molecule has 0 amide bonds. The summed E-state index contributed by atoms with van der Waals surface area (Å²) in [6.07, 6.45) is 6.81. The van der Waals surface area contributed by atoms with Gasteiger partial charge in [0.15, 0.2) is 0 Å². The van der Waals surface area contributed by atoms with Crippen molar-refractivity contribution in [2.75, 3.05) is 19.8 Å². The van der Waals surface area contributed by atoms with Gasteiger partial charge in [0.25, 0.3) is 0 Å². The molecule has 4 nitrogen and oxygen atoms in total. The van der Waals surface area contributed by atoms with E-state index in [1.54, 1.807) is 0 Å². The Balaban J connectivity index is 1.97. The molecule has 0 atom stereocenters. The molecule has 1 saturated carbocycles. The van der Waals surface area contributed by atoms with Crippen molar-refractivity contribution in [3.05, 3.63) is 22.2 Å². The van der Waals surface area contributed by atoms with E-state index < -0.39 is 0 Å².